The van der Waals surface area contributed by atoms with Crippen LogP contribution < -0.4 is 15.8 Å². The lowest BCUT2D eigenvalue weighted by atomic mass is 10.1. The van der Waals surface area contributed by atoms with Gasteiger partial charge in [-0.25, -0.2) is 4.98 Å². The summed E-state index contributed by atoms with van der Waals surface area (Å²) in [5.74, 6) is 1.60. The maximum Gasteiger partial charge on any atom is 0.252 e. The predicted octanol–water partition coefficient (Wildman–Crippen LogP) is -0.574. The van der Waals surface area contributed by atoms with Crippen LogP contribution >= 0.6 is 0 Å². The molecule has 0 saturated carbocycles. The van der Waals surface area contributed by atoms with Crippen molar-refractivity contribution in [2.45, 2.75) is 19.4 Å². The molecule has 0 spiro atoms. The van der Waals surface area contributed by atoms with Gasteiger partial charge in [0.1, 0.15) is 11.6 Å². The molecule has 0 aromatic carbocycles. The SMILES string of the molecule is CCc1nc(N2CCN(C3CNC3)CC2)cc(=O)[nH]1. The molecule has 2 saturated heterocycles. The van der Waals surface area contributed by atoms with Gasteiger partial charge in [0, 0.05) is 57.8 Å². The van der Waals surface area contributed by atoms with E-state index >= 15 is 0 Å². The number of aromatic amines is 1. The number of H-pyrrole nitrogens is 1. The van der Waals surface area contributed by atoms with E-state index in [1.165, 1.54) is 0 Å². The second kappa shape index (κ2) is 5.30. The molecule has 2 aliphatic rings. The molecule has 2 fully saturated rings. The fourth-order valence-electron chi connectivity index (χ4n) is 2.67. The minimum Gasteiger partial charge on any atom is -0.354 e. The zero-order chi connectivity index (χ0) is 13.2. The number of piperazine rings is 1. The lowest BCUT2D eigenvalue weighted by molar-refractivity contribution is 0.137. The topological polar surface area (TPSA) is 64.3 Å². The Labute approximate surface area is 112 Å². The third-order valence-electron chi connectivity index (χ3n) is 4.03. The van der Waals surface area contributed by atoms with Gasteiger partial charge < -0.3 is 15.2 Å². The fraction of sp³-hybridized carbons (Fsp3) is 0.692. The van der Waals surface area contributed by atoms with Crippen molar-refractivity contribution in [3.05, 3.63) is 22.2 Å². The van der Waals surface area contributed by atoms with E-state index in [1.54, 1.807) is 6.07 Å². The summed E-state index contributed by atoms with van der Waals surface area (Å²) in [6, 6.07) is 2.32. The zero-order valence-electron chi connectivity index (χ0n) is 11.4. The Balaban J connectivity index is 1.67. The van der Waals surface area contributed by atoms with Gasteiger partial charge in [0.2, 0.25) is 0 Å². The third kappa shape index (κ3) is 2.64. The number of rotatable bonds is 3. The van der Waals surface area contributed by atoms with Crippen molar-refractivity contribution in [2.75, 3.05) is 44.2 Å². The lowest BCUT2D eigenvalue weighted by Crippen LogP contribution is -2.61. The first kappa shape index (κ1) is 12.6. The van der Waals surface area contributed by atoms with Crippen molar-refractivity contribution in [1.29, 1.82) is 0 Å². The first-order valence-electron chi connectivity index (χ1n) is 7.06. The van der Waals surface area contributed by atoms with Gasteiger partial charge in [-0.05, 0) is 0 Å². The molecule has 3 heterocycles. The Hall–Kier alpha value is -1.40. The molecule has 1 aromatic rings. The highest BCUT2D eigenvalue weighted by Crippen LogP contribution is 2.14. The lowest BCUT2D eigenvalue weighted by Gasteiger charge is -2.43. The summed E-state index contributed by atoms with van der Waals surface area (Å²) in [7, 11) is 0. The highest BCUT2D eigenvalue weighted by molar-refractivity contribution is 5.38. The number of aromatic nitrogens is 2. The van der Waals surface area contributed by atoms with Crippen molar-refractivity contribution in [2.24, 2.45) is 0 Å². The number of hydrogen-bond acceptors (Lipinski definition) is 5. The van der Waals surface area contributed by atoms with E-state index in [1.807, 2.05) is 6.92 Å². The summed E-state index contributed by atoms with van der Waals surface area (Å²) in [5.41, 5.74) is -0.0486. The third-order valence-corrected chi connectivity index (χ3v) is 4.03. The van der Waals surface area contributed by atoms with Crippen LogP contribution in [0.1, 0.15) is 12.7 Å². The second-order valence-electron chi connectivity index (χ2n) is 5.24. The molecule has 0 radical (unpaired) electrons. The van der Waals surface area contributed by atoms with Gasteiger partial charge in [0.05, 0.1) is 0 Å². The van der Waals surface area contributed by atoms with Gasteiger partial charge in [-0.15, -0.1) is 0 Å². The Morgan fingerprint density at radius 3 is 2.63 bits per heavy atom. The molecule has 6 heteroatoms. The standard InChI is InChI=1S/C13H21N5O/c1-2-11-15-12(7-13(19)16-11)18-5-3-17(4-6-18)10-8-14-9-10/h7,10,14H,2-6,8-9H2,1H3,(H,15,16,19). The van der Waals surface area contributed by atoms with Gasteiger partial charge in [0.25, 0.3) is 5.56 Å². The van der Waals surface area contributed by atoms with Crippen LogP contribution in [0.5, 0.6) is 0 Å². The molecule has 3 rings (SSSR count). The Kier molecular flexibility index (Phi) is 3.52. The van der Waals surface area contributed by atoms with Gasteiger partial charge in [-0.3, -0.25) is 9.69 Å². The molecule has 2 aliphatic heterocycles. The van der Waals surface area contributed by atoms with Gasteiger partial charge in [0.15, 0.2) is 0 Å². The van der Waals surface area contributed by atoms with Crippen LogP contribution in [0.15, 0.2) is 10.9 Å². The van der Waals surface area contributed by atoms with Gasteiger partial charge in [-0.1, -0.05) is 6.92 Å². The largest absolute Gasteiger partial charge is 0.354 e. The Morgan fingerprint density at radius 2 is 2.05 bits per heavy atom. The minimum atomic E-state index is -0.0486. The van der Waals surface area contributed by atoms with Crippen LogP contribution in [0, 0.1) is 0 Å². The molecule has 0 atom stereocenters. The number of nitrogens with zero attached hydrogens (tertiary/aromatic N) is 3. The first-order chi connectivity index (χ1) is 9.26. The van der Waals surface area contributed by atoms with Crippen molar-refractivity contribution in [3.63, 3.8) is 0 Å². The van der Waals surface area contributed by atoms with Crippen LogP contribution in [0.25, 0.3) is 0 Å². The minimum absolute atomic E-state index is 0.0486. The zero-order valence-corrected chi connectivity index (χ0v) is 11.4. The van der Waals surface area contributed by atoms with Crippen LogP contribution in [0.4, 0.5) is 5.82 Å². The van der Waals surface area contributed by atoms with E-state index in [0.29, 0.717) is 6.04 Å². The molecule has 2 N–H and O–H groups in total. The predicted molar refractivity (Wildman–Crippen MR) is 74.7 cm³/mol. The van der Waals surface area contributed by atoms with Crippen LogP contribution in [0.3, 0.4) is 0 Å². The average molecular weight is 263 g/mol. The van der Waals surface area contributed by atoms with Crippen molar-refractivity contribution < 1.29 is 0 Å². The Morgan fingerprint density at radius 1 is 1.32 bits per heavy atom. The normalized spacial score (nSPS) is 21.4. The van der Waals surface area contributed by atoms with E-state index in [2.05, 4.69) is 25.1 Å². The molecule has 1 aromatic heterocycles. The van der Waals surface area contributed by atoms with Gasteiger partial charge >= 0.3 is 0 Å². The molecule has 0 bridgehead atoms. The molecule has 0 unspecified atom stereocenters. The van der Waals surface area contributed by atoms with E-state index in [9.17, 15) is 4.79 Å². The number of nitrogens with one attached hydrogen (secondary N) is 2. The smallest absolute Gasteiger partial charge is 0.252 e. The van der Waals surface area contributed by atoms with Crippen LogP contribution in [0.2, 0.25) is 0 Å². The van der Waals surface area contributed by atoms with E-state index in [4.69, 9.17) is 0 Å². The second-order valence-corrected chi connectivity index (χ2v) is 5.24. The van der Waals surface area contributed by atoms with Crippen molar-refractivity contribution in [3.8, 4) is 0 Å². The highest BCUT2D eigenvalue weighted by atomic mass is 16.1. The maximum absolute atomic E-state index is 11.6. The van der Waals surface area contributed by atoms with Gasteiger partial charge in [-0.2, -0.15) is 0 Å². The summed E-state index contributed by atoms with van der Waals surface area (Å²) < 4.78 is 0. The molecule has 0 amide bonds. The summed E-state index contributed by atoms with van der Waals surface area (Å²) in [4.78, 5) is 23.6. The fourth-order valence-corrected chi connectivity index (χ4v) is 2.67. The number of anilines is 1. The summed E-state index contributed by atoms with van der Waals surface area (Å²) >= 11 is 0. The number of hydrogen-bond donors (Lipinski definition) is 2. The molecular formula is C13H21N5O. The number of aryl methyl sites for hydroxylation is 1. The Bertz CT molecular complexity index is 488. The molecule has 0 aliphatic carbocycles. The monoisotopic (exact) mass is 263 g/mol. The highest BCUT2D eigenvalue weighted by Gasteiger charge is 2.28. The van der Waals surface area contributed by atoms with Crippen LogP contribution in [-0.2, 0) is 6.42 Å². The summed E-state index contributed by atoms with van der Waals surface area (Å²) in [5, 5.41) is 3.31. The van der Waals surface area contributed by atoms with Crippen molar-refractivity contribution >= 4 is 5.82 Å². The molecule has 6 nitrogen and oxygen atoms in total. The molecule has 19 heavy (non-hydrogen) atoms. The molecule has 104 valence electrons. The quantitative estimate of drug-likeness (QED) is 0.764. The molecular weight excluding hydrogens is 242 g/mol. The maximum atomic E-state index is 11.6. The van der Waals surface area contributed by atoms with Crippen molar-refractivity contribution in [1.82, 2.24) is 20.2 Å². The summed E-state index contributed by atoms with van der Waals surface area (Å²) in [6.45, 7) is 8.26. The van der Waals surface area contributed by atoms with E-state index in [0.717, 1.165) is 57.3 Å². The first-order valence-corrected chi connectivity index (χ1v) is 7.06. The van der Waals surface area contributed by atoms with E-state index < -0.39 is 0 Å². The summed E-state index contributed by atoms with van der Waals surface area (Å²) in [6.07, 6.45) is 0.761. The van der Waals surface area contributed by atoms with Crippen LogP contribution in [-0.4, -0.2) is 60.2 Å². The van der Waals surface area contributed by atoms with E-state index in [-0.39, 0.29) is 5.56 Å². The average Bonchev–Trinajstić information content (AvgIpc) is 2.37.